The van der Waals surface area contributed by atoms with E-state index in [4.69, 9.17) is 27.9 Å². The molecule has 1 aromatic heterocycles. The Labute approximate surface area is 205 Å². The highest BCUT2D eigenvalue weighted by Gasteiger charge is 2.18. The van der Waals surface area contributed by atoms with Gasteiger partial charge in [0.2, 0.25) is 5.78 Å². The first-order valence-corrected chi connectivity index (χ1v) is 11.0. The number of ketones is 1. The number of hydrogen-bond donors (Lipinski definition) is 1. The van der Waals surface area contributed by atoms with Crippen LogP contribution >= 0.6 is 23.2 Å². The van der Waals surface area contributed by atoms with Crippen molar-refractivity contribution in [2.24, 2.45) is 0 Å². The molecule has 4 aromatic rings. The monoisotopic (exact) mass is 492 g/mol. The fourth-order valence-corrected chi connectivity index (χ4v) is 3.78. The highest BCUT2D eigenvalue weighted by atomic mass is 35.5. The minimum Gasteiger partial charge on any atom is -0.469 e. The molecule has 0 aliphatic heterocycles. The SMILES string of the molecule is COC(=O)Cc1cnc(C(=O)c2ccc(NC(=O)c3ccc(Cl)c(Cl)c3)cc2)c2ccccc12. The number of benzene rings is 3. The van der Waals surface area contributed by atoms with E-state index in [-0.39, 0.29) is 34.8 Å². The van der Waals surface area contributed by atoms with Crippen molar-refractivity contribution in [1.29, 1.82) is 0 Å². The van der Waals surface area contributed by atoms with E-state index in [1.165, 1.54) is 19.4 Å². The van der Waals surface area contributed by atoms with Gasteiger partial charge >= 0.3 is 5.97 Å². The van der Waals surface area contributed by atoms with Gasteiger partial charge in [0.1, 0.15) is 5.69 Å². The highest BCUT2D eigenvalue weighted by Crippen LogP contribution is 2.25. The summed E-state index contributed by atoms with van der Waals surface area (Å²) < 4.78 is 4.75. The van der Waals surface area contributed by atoms with Crippen LogP contribution in [0.25, 0.3) is 10.8 Å². The molecule has 0 aliphatic carbocycles. The number of carbonyl (C=O) groups excluding carboxylic acids is 3. The van der Waals surface area contributed by atoms with Crippen LogP contribution in [0.15, 0.2) is 72.9 Å². The van der Waals surface area contributed by atoms with Crippen LogP contribution in [0.5, 0.6) is 0 Å². The molecular formula is C26H18Cl2N2O4. The van der Waals surface area contributed by atoms with E-state index in [1.807, 2.05) is 18.2 Å². The average molecular weight is 493 g/mol. The number of amides is 1. The first kappa shape index (κ1) is 23.4. The van der Waals surface area contributed by atoms with Crippen LogP contribution in [0, 0.1) is 0 Å². The molecule has 1 heterocycles. The fraction of sp³-hybridized carbons (Fsp3) is 0.0769. The standard InChI is InChI=1S/C26H18Cl2N2O4/c1-34-23(31)13-17-14-29-24(20-5-3-2-4-19(17)20)25(32)15-6-9-18(10-7-15)30-26(33)16-8-11-21(27)22(28)12-16/h2-12,14H,13H2,1H3,(H,30,33). The largest absolute Gasteiger partial charge is 0.469 e. The van der Waals surface area contributed by atoms with Gasteiger partial charge in [-0.25, -0.2) is 0 Å². The van der Waals surface area contributed by atoms with Gasteiger partial charge in [0, 0.05) is 28.4 Å². The Morgan fingerprint density at radius 1 is 0.882 bits per heavy atom. The number of aromatic nitrogens is 1. The second-order valence-electron chi connectivity index (χ2n) is 7.42. The molecule has 3 aromatic carbocycles. The van der Waals surface area contributed by atoms with E-state index in [1.54, 1.807) is 42.5 Å². The Morgan fingerprint density at radius 3 is 2.24 bits per heavy atom. The van der Waals surface area contributed by atoms with Crippen molar-refractivity contribution in [2.45, 2.75) is 6.42 Å². The number of ether oxygens (including phenoxy) is 1. The Kier molecular flexibility index (Phi) is 6.91. The molecule has 0 bridgehead atoms. The van der Waals surface area contributed by atoms with Gasteiger partial charge in [-0.3, -0.25) is 19.4 Å². The smallest absolute Gasteiger partial charge is 0.310 e. The first-order chi connectivity index (χ1) is 16.4. The summed E-state index contributed by atoms with van der Waals surface area (Å²) in [5.41, 5.74) is 2.23. The normalized spacial score (nSPS) is 10.7. The Bertz CT molecular complexity index is 1420. The van der Waals surface area contributed by atoms with Crippen molar-refractivity contribution in [3.63, 3.8) is 0 Å². The van der Waals surface area contributed by atoms with E-state index < -0.39 is 0 Å². The first-order valence-electron chi connectivity index (χ1n) is 10.2. The van der Waals surface area contributed by atoms with Crippen LogP contribution < -0.4 is 5.32 Å². The molecule has 0 saturated heterocycles. The summed E-state index contributed by atoms with van der Waals surface area (Å²) in [6.45, 7) is 0. The van der Waals surface area contributed by atoms with E-state index in [9.17, 15) is 14.4 Å². The lowest BCUT2D eigenvalue weighted by Crippen LogP contribution is -2.12. The molecule has 6 nitrogen and oxygen atoms in total. The number of nitrogens with zero attached hydrogens (tertiary/aromatic N) is 1. The summed E-state index contributed by atoms with van der Waals surface area (Å²) in [5.74, 6) is -1.01. The lowest BCUT2D eigenvalue weighted by Gasteiger charge is -2.10. The summed E-state index contributed by atoms with van der Waals surface area (Å²) in [5, 5.41) is 4.81. The molecular weight excluding hydrogens is 475 g/mol. The van der Waals surface area contributed by atoms with Crippen LogP contribution in [0.1, 0.15) is 32.0 Å². The van der Waals surface area contributed by atoms with E-state index in [2.05, 4.69) is 10.3 Å². The van der Waals surface area contributed by atoms with Gasteiger partial charge in [-0.15, -0.1) is 0 Å². The average Bonchev–Trinajstić information content (AvgIpc) is 2.85. The Morgan fingerprint density at radius 2 is 1.56 bits per heavy atom. The number of methoxy groups -OCH3 is 1. The Hall–Kier alpha value is -3.74. The Balaban J connectivity index is 1.57. The van der Waals surface area contributed by atoms with Crippen molar-refractivity contribution in [3.8, 4) is 0 Å². The van der Waals surface area contributed by atoms with Gasteiger partial charge in [0.25, 0.3) is 5.91 Å². The molecule has 0 saturated carbocycles. The van der Waals surface area contributed by atoms with Crippen LogP contribution in [0.3, 0.4) is 0 Å². The molecule has 0 unspecified atom stereocenters. The maximum Gasteiger partial charge on any atom is 0.310 e. The van der Waals surface area contributed by atoms with Crippen molar-refractivity contribution >= 4 is 57.3 Å². The van der Waals surface area contributed by atoms with Crippen LogP contribution in [0.4, 0.5) is 5.69 Å². The van der Waals surface area contributed by atoms with Crippen LogP contribution in [-0.4, -0.2) is 29.8 Å². The molecule has 0 radical (unpaired) electrons. The maximum absolute atomic E-state index is 13.2. The second kappa shape index (κ2) is 10.0. The molecule has 1 amide bonds. The number of esters is 1. The fourth-order valence-electron chi connectivity index (χ4n) is 3.48. The summed E-state index contributed by atoms with van der Waals surface area (Å²) >= 11 is 11.9. The molecule has 170 valence electrons. The third-order valence-corrected chi connectivity index (χ3v) is 5.98. The number of halogens is 2. The van der Waals surface area contributed by atoms with Gasteiger partial charge < -0.3 is 10.1 Å². The lowest BCUT2D eigenvalue weighted by atomic mass is 9.98. The van der Waals surface area contributed by atoms with Crippen molar-refractivity contribution in [3.05, 3.63) is 105 Å². The minimum atomic E-state index is -0.385. The number of carbonyl (C=O) groups is 3. The third-order valence-electron chi connectivity index (χ3n) is 5.24. The van der Waals surface area contributed by atoms with Crippen LogP contribution in [-0.2, 0) is 16.0 Å². The zero-order valence-corrected chi connectivity index (χ0v) is 19.5. The summed E-state index contributed by atoms with van der Waals surface area (Å²) in [6.07, 6.45) is 1.59. The van der Waals surface area contributed by atoms with Gasteiger partial charge in [0.15, 0.2) is 0 Å². The highest BCUT2D eigenvalue weighted by molar-refractivity contribution is 6.42. The molecule has 0 aliphatic rings. The van der Waals surface area contributed by atoms with Gasteiger partial charge in [0.05, 0.1) is 23.6 Å². The van der Waals surface area contributed by atoms with E-state index >= 15 is 0 Å². The summed E-state index contributed by atoms with van der Waals surface area (Å²) in [7, 11) is 1.33. The quantitative estimate of drug-likeness (QED) is 0.274. The number of hydrogen-bond acceptors (Lipinski definition) is 5. The topological polar surface area (TPSA) is 85.4 Å². The predicted molar refractivity (Wildman–Crippen MR) is 132 cm³/mol. The number of rotatable bonds is 6. The predicted octanol–water partition coefficient (Wildman–Crippen LogP) is 5.74. The second-order valence-corrected chi connectivity index (χ2v) is 8.23. The summed E-state index contributed by atoms with van der Waals surface area (Å²) in [4.78, 5) is 41.8. The zero-order valence-electron chi connectivity index (χ0n) is 18.0. The van der Waals surface area contributed by atoms with Gasteiger partial charge in [-0.05, 0) is 53.4 Å². The minimum absolute atomic E-state index is 0.0612. The maximum atomic E-state index is 13.2. The van der Waals surface area contributed by atoms with Crippen LogP contribution in [0.2, 0.25) is 10.0 Å². The number of anilines is 1. The summed E-state index contributed by atoms with van der Waals surface area (Å²) in [6, 6.07) is 18.4. The number of fused-ring (bicyclic) bond motifs is 1. The molecule has 34 heavy (non-hydrogen) atoms. The van der Waals surface area contributed by atoms with Gasteiger partial charge in [-0.1, -0.05) is 47.5 Å². The van der Waals surface area contributed by atoms with Crippen molar-refractivity contribution in [2.75, 3.05) is 12.4 Å². The number of pyridine rings is 1. The molecule has 1 N–H and O–H groups in total. The molecule has 4 rings (SSSR count). The number of nitrogens with one attached hydrogen (secondary N) is 1. The van der Waals surface area contributed by atoms with Crippen molar-refractivity contribution < 1.29 is 19.1 Å². The van der Waals surface area contributed by atoms with E-state index in [0.717, 1.165) is 5.39 Å². The third kappa shape index (κ3) is 4.93. The van der Waals surface area contributed by atoms with Gasteiger partial charge in [-0.2, -0.15) is 0 Å². The molecule has 0 atom stereocenters. The van der Waals surface area contributed by atoms with E-state index in [0.29, 0.717) is 32.8 Å². The lowest BCUT2D eigenvalue weighted by molar-refractivity contribution is -0.139. The zero-order chi connectivity index (χ0) is 24.2. The molecule has 8 heteroatoms. The van der Waals surface area contributed by atoms with Crippen molar-refractivity contribution in [1.82, 2.24) is 4.98 Å². The molecule has 0 fully saturated rings. The molecule has 0 spiro atoms.